The highest BCUT2D eigenvalue weighted by Gasteiger charge is 2.15. The Kier molecular flexibility index (Phi) is 3.58. The van der Waals surface area contributed by atoms with E-state index in [2.05, 4.69) is 15.2 Å². The Labute approximate surface area is 126 Å². The highest BCUT2D eigenvalue weighted by molar-refractivity contribution is 6.33. The molecule has 2 heterocycles. The second kappa shape index (κ2) is 5.54. The fraction of sp³-hybridized carbons (Fsp3) is 0.133. The fourth-order valence-corrected chi connectivity index (χ4v) is 2.25. The van der Waals surface area contributed by atoms with E-state index in [1.165, 1.54) is 0 Å². The third-order valence-corrected chi connectivity index (χ3v) is 3.31. The number of aromatic nitrogens is 3. The standard InChI is InChI=1S/C15H12ClN3O2/c1-9-18-19-15(21-9)11-6-4-3-5-10(11)12-7-14(20-2)17-8-13(12)16/h3-8H,1-2H3. The van der Waals surface area contributed by atoms with Gasteiger partial charge in [0.25, 0.3) is 0 Å². The van der Waals surface area contributed by atoms with Gasteiger partial charge in [0.05, 0.1) is 18.3 Å². The molecule has 0 bridgehead atoms. The molecule has 0 amide bonds. The predicted molar refractivity (Wildman–Crippen MR) is 79.3 cm³/mol. The predicted octanol–water partition coefficient (Wildman–Crippen LogP) is 3.77. The van der Waals surface area contributed by atoms with Gasteiger partial charge in [0, 0.05) is 24.1 Å². The summed E-state index contributed by atoms with van der Waals surface area (Å²) in [6, 6.07) is 9.46. The first-order chi connectivity index (χ1) is 10.2. The maximum Gasteiger partial charge on any atom is 0.248 e. The molecule has 0 N–H and O–H groups in total. The lowest BCUT2D eigenvalue weighted by Gasteiger charge is -2.09. The number of hydrogen-bond acceptors (Lipinski definition) is 5. The van der Waals surface area contributed by atoms with E-state index in [0.717, 1.165) is 16.7 Å². The van der Waals surface area contributed by atoms with Gasteiger partial charge in [-0.05, 0) is 11.6 Å². The van der Waals surface area contributed by atoms with E-state index in [9.17, 15) is 0 Å². The summed E-state index contributed by atoms with van der Waals surface area (Å²) in [5.74, 6) is 1.46. The zero-order valence-corrected chi connectivity index (χ0v) is 12.3. The van der Waals surface area contributed by atoms with Crippen LogP contribution in [0, 0.1) is 6.92 Å². The lowest BCUT2D eigenvalue weighted by molar-refractivity contribution is 0.398. The molecule has 0 unspecified atom stereocenters. The zero-order valence-electron chi connectivity index (χ0n) is 11.5. The Morgan fingerprint density at radius 2 is 1.86 bits per heavy atom. The van der Waals surface area contributed by atoms with Gasteiger partial charge < -0.3 is 9.15 Å². The van der Waals surface area contributed by atoms with Crippen molar-refractivity contribution in [2.24, 2.45) is 0 Å². The van der Waals surface area contributed by atoms with Crippen molar-refractivity contribution in [1.29, 1.82) is 0 Å². The van der Waals surface area contributed by atoms with Crippen molar-refractivity contribution >= 4 is 11.6 Å². The number of hydrogen-bond donors (Lipinski definition) is 0. The fourth-order valence-electron chi connectivity index (χ4n) is 2.05. The quantitative estimate of drug-likeness (QED) is 0.737. The van der Waals surface area contributed by atoms with Crippen molar-refractivity contribution in [3.8, 4) is 28.5 Å². The van der Waals surface area contributed by atoms with Crippen LogP contribution in [-0.4, -0.2) is 22.3 Å². The second-order valence-corrected chi connectivity index (χ2v) is 4.79. The molecule has 0 aliphatic heterocycles. The average Bonchev–Trinajstić information content (AvgIpc) is 2.94. The molecule has 3 rings (SSSR count). The minimum Gasteiger partial charge on any atom is -0.481 e. The molecule has 21 heavy (non-hydrogen) atoms. The van der Waals surface area contributed by atoms with Crippen LogP contribution in [0.1, 0.15) is 5.89 Å². The van der Waals surface area contributed by atoms with Gasteiger partial charge in [-0.1, -0.05) is 29.8 Å². The van der Waals surface area contributed by atoms with Gasteiger partial charge in [0.15, 0.2) is 0 Å². The minimum absolute atomic E-state index is 0.454. The summed E-state index contributed by atoms with van der Waals surface area (Å²) in [5.41, 5.74) is 2.50. The Bertz CT molecular complexity index is 786. The Morgan fingerprint density at radius 3 is 2.52 bits per heavy atom. The molecule has 0 aliphatic rings. The number of benzene rings is 1. The van der Waals surface area contributed by atoms with Gasteiger partial charge in [0.1, 0.15) is 0 Å². The highest BCUT2D eigenvalue weighted by atomic mass is 35.5. The molecule has 1 aromatic carbocycles. The van der Waals surface area contributed by atoms with Gasteiger partial charge in [-0.15, -0.1) is 10.2 Å². The molecular formula is C15H12ClN3O2. The normalized spacial score (nSPS) is 10.6. The Hall–Kier alpha value is -2.40. The molecule has 106 valence electrons. The molecule has 0 aliphatic carbocycles. The largest absolute Gasteiger partial charge is 0.481 e. The van der Waals surface area contributed by atoms with Crippen LogP contribution in [0.2, 0.25) is 5.02 Å². The third kappa shape index (κ3) is 2.60. The average molecular weight is 302 g/mol. The van der Waals surface area contributed by atoms with Crippen molar-refractivity contribution in [1.82, 2.24) is 15.2 Å². The second-order valence-electron chi connectivity index (χ2n) is 4.38. The first-order valence-corrected chi connectivity index (χ1v) is 6.66. The van der Waals surface area contributed by atoms with Crippen LogP contribution in [0.25, 0.3) is 22.6 Å². The van der Waals surface area contributed by atoms with E-state index in [-0.39, 0.29) is 0 Å². The smallest absolute Gasteiger partial charge is 0.248 e. The molecule has 0 radical (unpaired) electrons. The topological polar surface area (TPSA) is 61.0 Å². The lowest BCUT2D eigenvalue weighted by atomic mass is 10.0. The highest BCUT2D eigenvalue weighted by Crippen LogP contribution is 2.36. The van der Waals surface area contributed by atoms with Crippen molar-refractivity contribution in [3.05, 3.63) is 47.4 Å². The van der Waals surface area contributed by atoms with Gasteiger partial charge in [0.2, 0.25) is 17.7 Å². The van der Waals surface area contributed by atoms with Gasteiger partial charge in [-0.3, -0.25) is 0 Å². The van der Waals surface area contributed by atoms with Gasteiger partial charge in [-0.25, -0.2) is 4.98 Å². The molecule has 0 saturated heterocycles. The SMILES string of the molecule is COc1cc(-c2ccccc2-c2nnc(C)o2)c(Cl)cn1. The number of ether oxygens (including phenoxy) is 1. The van der Waals surface area contributed by atoms with Crippen LogP contribution in [-0.2, 0) is 0 Å². The molecule has 0 saturated carbocycles. The molecule has 6 heteroatoms. The molecule has 0 atom stereocenters. The van der Waals surface area contributed by atoms with Crippen LogP contribution in [0.15, 0.2) is 40.9 Å². The van der Waals surface area contributed by atoms with Crippen molar-refractivity contribution in [2.45, 2.75) is 6.92 Å². The molecule has 0 fully saturated rings. The molecule has 3 aromatic rings. The van der Waals surface area contributed by atoms with Gasteiger partial charge >= 0.3 is 0 Å². The van der Waals surface area contributed by atoms with E-state index in [0.29, 0.717) is 22.7 Å². The van der Waals surface area contributed by atoms with Crippen LogP contribution < -0.4 is 4.74 Å². The summed E-state index contributed by atoms with van der Waals surface area (Å²) < 4.78 is 10.7. The van der Waals surface area contributed by atoms with Crippen molar-refractivity contribution in [2.75, 3.05) is 7.11 Å². The number of nitrogens with zero attached hydrogens (tertiary/aromatic N) is 3. The monoisotopic (exact) mass is 301 g/mol. The molecule has 0 spiro atoms. The van der Waals surface area contributed by atoms with Crippen molar-refractivity contribution in [3.63, 3.8) is 0 Å². The molecule has 2 aromatic heterocycles. The maximum absolute atomic E-state index is 6.27. The number of halogens is 1. The summed E-state index contributed by atoms with van der Waals surface area (Å²) in [5, 5.41) is 8.46. The van der Waals surface area contributed by atoms with Crippen molar-refractivity contribution < 1.29 is 9.15 Å². The Morgan fingerprint density at radius 1 is 1.10 bits per heavy atom. The van der Waals surface area contributed by atoms with E-state index >= 15 is 0 Å². The van der Waals surface area contributed by atoms with Crippen LogP contribution in [0.4, 0.5) is 0 Å². The van der Waals surface area contributed by atoms with E-state index in [4.69, 9.17) is 20.8 Å². The number of aryl methyl sites for hydroxylation is 1. The Balaban J connectivity index is 2.20. The molecular weight excluding hydrogens is 290 g/mol. The summed E-state index contributed by atoms with van der Waals surface area (Å²) in [7, 11) is 1.56. The third-order valence-electron chi connectivity index (χ3n) is 3.01. The summed E-state index contributed by atoms with van der Waals surface area (Å²) >= 11 is 6.27. The first-order valence-electron chi connectivity index (χ1n) is 6.28. The van der Waals surface area contributed by atoms with E-state index in [1.54, 1.807) is 26.3 Å². The first kappa shape index (κ1) is 13.6. The van der Waals surface area contributed by atoms with Gasteiger partial charge in [-0.2, -0.15) is 0 Å². The van der Waals surface area contributed by atoms with Crippen LogP contribution in [0.5, 0.6) is 5.88 Å². The maximum atomic E-state index is 6.27. The summed E-state index contributed by atoms with van der Waals surface area (Å²) in [6.45, 7) is 1.75. The minimum atomic E-state index is 0.454. The number of methoxy groups -OCH3 is 1. The number of pyridine rings is 1. The number of rotatable bonds is 3. The lowest BCUT2D eigenvalue weighted by Crippen LogP contribution is -1.91. The summed E-state index contributed by atoms with van der Waals surface area (Å²) in [6.07, 6.45) is 1.56. The molecule has 5 nitrogen and oxygen atoms in total. The van der Waals surface area contributed by atoms with E-state index in [1.807, 2.05) is 24.3 Å². The summed E-state index contributed by atoms with van der Waals surface area (Å²) in [4.78, 5) is 4.08. The van der Waals surface area contributed by atoms with E-state index < -0.39 is 0 Å². The van der Waals surface area contributed by atoms with Crippen LogP contribution >= 0.6 is 11.6 Å². The van der Waals surface area contributed by atoms with Crippen LogP contribution in [0.3, 0.4) is 0 Å². The zero-order chi connectivity index (χ0) is 14.8.